The van der Waals surface area contributed by atoms with Crippen LogP contribution in [0.15, 0.2) is 24.3 Å². The third-order valence-corrected chi connectivity index (χ3v) is 4.40. The largest absolute Gasteiger partial charge is 0.305 e. The Morgan fingerprint density at radius 1 is 1.40 bits per heavy atom. The van der Waals surface area contributed by atoms with Crippen molar-refractivity contribution in [3.8, 4) is 0 Å². The molecule has 106 valence electrons. The standard InChI is InChI=1S/C16H21N3O/c1-16(9-5-6-10-17-16)15(20)11-13-12-7-3-4-8-14(12)19(2)18-13/h3-4,7-8,17H,5-6,9-11H2,1-2H3. The van der Waals surface area contributed by atoms with Gasteiger partial charge in [-0.05, 0) is 38.8 Å². The number of nitrogens with one attached hydrogen (secondary N) is 1. The zero-order chi connectivity index (χ0) is 14.2. The first kappa shape index (κ1) is 13.3. The number of carbonyl (C=O) groups excluding carboxylic acids is 1. The summed E-state index contributed by atoms with van der Waals surface area (Å²) in [5.74, 6) is 0.251. The number of nitrogens with zero attached hydrogens (tertiary/aromatic N) is 2. The molecule has 0 saturated carbocycles. The third kappa shape index (κ3) is 2.24. The number of benzene rings is 1. The average Bonchev–Trinajstić information content (AvgIpc) is 2.77. The first-order valence-electron chi connectivity index (χ1n) is 7.29. The Bertz CT molecular complexity index is 638. The van der Waals surface area contributed by atoms with Gasteiger partial charge >= 0.3 is 0 Å². The van der Waals surface area contributed by atoms with Crippen LogP contribution < -0.4 is 5.32 Å². The summed E-state index contributed by atoms with van der Waals surface area (Å²) in [4.78, 5) is 12.6. The molecule has 1 N–H and O–H groups in total. The predicted octanol–water partition coefficient (Wildman–Crippen LogP) is 2.22. The molecule has 0 spiro atoms. The van der Waals surface area contributed by atoms with Crippen molar-refractivity contribution < 1.29 is 4.79 Å². The van der Waals surface area contributed by atoms with Crippen LogP contribution in [0.3, 0.4) is 0 Å². The molecule has 0 aliphatic carbocycles. The summed E-state index contributed by atoms with van der Waals surface area (Å²) in [6, 6.07) is 8.08. The molecule has 2 aromatic rings. The number of piperidine rings is 1. The van der Waals surface area contributed by atoms with Gasteiger partial charge in [0, 0.05) is 12.4 Å². The molecule has 1 atom stereocenters. The SMILES string of the molecule is Cn1nc(CC(=O)C2(C)CCCCN2)c2ccccc21. The van der Waals surface area contributed by atoms with Crippen molar-refractivity contribution in [2.24, 2.45) is 7.05 Å². The van der Waals surface area contributed by atoms with Gasteiger partial charge in [-0.3, -0.25) is 9.48 Å². The van der Waals surface area contributed by atoms with E-state index in [2.05, 4.69) is 10.4 Å². The van der Waals surface area contributed by atoms with Crippen molar-refractivity contribution >= 4 is 16.7 Å². The molecule has 1 unspecified atom stereocenters. The molecule has 1 aromatic carbocycles. The Balaban J connectivity index is 1.88. The maximum absolute atomic E-state index is 12.6. The lowest BCUT2D eigenvalue weighted by Crippen LogP contribution is -2.52. The van der Waals surface area contributed by atoms with Crippen LogP contribution in [0.4, 0.5) is 0 Å². The quantitative estimate of drug-likeness (QED) is 0.931. The maximum atomic E-state index is 12.6. The van der Waals surface area contributed by atoms with Crippen LogP contribution in [0.25, 0.3) is 10.9 Å². The molecule has 1 saturated heterocycles. The lowest BCUT2D eigenvalue weighted by molar-refractivity contribution is -0.125. The summed E-state index contributed by atoms with van der Waals surface area (Å²) in [5, 5.41) is 9.00. The van der Waals surface area contributed by atoms with E-state index in [0.29, 0.717) is 6.42 Å². The van der Waals surface area contributed by atoms with Crippen LogP contribution >= 0.6 is 0 Å². The molecule has 1 fully saturated rings. The zero-order valence-corrected chi connectivity index (χ0v) is 12.1. The Morgan fingerprint density at radius 3 is 2.95 bits per heavy atom. The number of Topliss-reactive ketones (excluding diaryl/α,β-unsaturated/α-hetero) is 1. The lowest BCUT2D eigenvalue weighted by Gasteiger charge is -2.33. The van der Waals surface area contributed by atoms with Crippen molar-refractivity contribution in [3.63, 3.8) is 0 Å². The zero-order valence-electron chi connectivity index (χ0n) is 12.1. The number of hydrogen-bond donors (Lipinski definition) is 1. The van der Waals surface area contributed by atoms with E-state index < -0.39 is 0 Å². The number of para-hydroxylation sites is 1. The van der Waals surface area contributed by atoms with E-state index in [9.17, 15) is 4.79 Å². The summed E-state index contributed by atoms with van der Waals surface area (Å²) >= 11 is 0. The first-order valence-corrected chi connectivity index (χ1v) is 7.29. The van der Waals surface area contributed by atoms with Crippen LogP contribution in [0.1, 0.15) is 31.9 Å². The summed E-state index contributed by atoms with van der Waals surface area (Å²) in [7, 11) is 1.93. The topological polar surface area (TPSA) is 46.9 Å². The van der Waals surface area contributed by atoms with Gasteiger partial charge in [-0.2, -0.15) is 5.10 Å². The second-order valence-electron chi connectivity index (χ2n) is 5.90. The molecule has 2 heterocycles. The number of fused-ring (bicyclic) bond motifs is 1. The van der Waals surface area contributed by atoms with Gasteiger partial charge in [-0.1, -0.05) is 18.2 Å². The molecule has 0 amide bonds. The molecule has 3 rings (SSSR count). The number of hydrogen-bond acceptors (Lipinski definition) is 3. The van der Waals surface area contributed by atoms with E-state index in [-0.39, 0.29) is 11.3 Å². The van der Waals surface area contributed by atoms with Crippen LogP contribution in [-0.4, -0.2) is 27.6 Å². The van der Waals surface area contributed by atoms with Gasteiger partial charge in [0.15, 0.2) is 5.78 Å². The monoisotopic (exact) mass is 271 g/mol. The number of carbonyl (C=O) groups is 1. The van der Waals surface area contributed by atoms with E-state index in [0.717, 1.165) is 42.4 Å². The molecule has 4 heteroatoms. The fraction of sp³-hybridized carbons (Fsp3) is 0.500. The van der Waals surface area contributed by atoms with Gasteiger partial charge in [-0.15, -0.1) is 0 Å². The number of aryl methyl sites for hydroxylation is 1. The van der Waals surface area contributed by atoms with Gasteiger partial charge < -0.3 is 5.32 Å². The van der Waals surface area contributed by atoms with Crippen molar-refractivity contribution in [1.29, 1.82) is 0 Å². The maximum Gasteiger partial charge on any atom is 0.158 e. The minimum atomic E-state index is -0.378. The highest BCUT2D eigenvalue weighted by atomic mass is 16.1. The van der Waals surface area contributed by atoms with Crippen molar-refractivity contribution in [2.75, 3.05) is 6.54 Å². The van der Waals surface area contributed by atoms with Gasteiger partial charge in [0.1, 0.15) is 0 Å². The minimum absolute atomic E-state index is 0.251. The predicted molar refractivity (Wildman–Crippen MR) is 79.7 cm³/mol. The molecule has 1 aliphatic rings. The van der Waals surface area contributed by atoms with Gasteiger partial charge in [0.2, 0.25) is 0 Å². The van der Waals surface area contributed by atoms with E-state index >= 15 is 0 Å². The van der Waals surface area contributed by atoms with Crippen LogP contribution in [-0.2, 0) is 18.3 Å². The summed E-state index contributed by atoms with van der Waals surface area (Å²) in [6.45, 7) is 2.96. The van der Waals surface area contributed by atoms with Gasteiger partial charge in [-0.25, -0.2) is 0 Å². The van der Waals surface area contributed by atoms with E-state index in [4.69, 9.17) is 0 Å². The molecule has 0 radical (unpaired) electrons. The van der Waals surface area contributed by atoms with E-state index in [1.165, 1.54) is 0 Å². The highest BCUT2D eigenvalue weighted by Crippen LogP contribution is 2.24. The number of rotatable bonds is 3. The van der Waals surface area contributed by atoms with Gasteiger partial charge in [0.25, 0.3) is 0 Å². The van der Waals surface area contributed by atoms with Crippen molar-refractivity contribution in [1.82, 2.24) is 15.1 Å². The molecular formula is C16H21N3O. The molecule has 4 nitrogen and oxygen atoms in total. The van der Waals surface area contributed by atoms with Crippen molar-refractivity contribution in [2.45, 2.75) is 38.1 Å². The van der Waals surface area contributed by atoms with Crippen LogP contribution in [0.5, 0.6) is 0 Å². The van der Waals surface area contributed by atoms with E-state index in [1.54, 1.807) is 0 Å². The normalized spacial score (nSPS) is 23.1. The Kier molecular flexibility index (Phi) is 3.34. The third-order valence-electron chi connectivity index (χ3n) is 4.40. The Labute approximate surface area is 119 Å². The first-order chi connectivity index (χ1) is 9.60. The highest BCUT2D eigenvalue weighted by molar-refractivity contribution is 5.93. The smallest absolute Gasteiger partial charge is 0.158 e. The summed E-state index contributed by atoms with van der Waals surface area (Å²) in [6.07, 6.45) is 3.62. The molecule has 1 aromatic heterocycles. The van der Waals surface area contributed by atoms with E-state index in [1.807, 2.05) is 42.9 Å². The fourth-order valence-electron chi connectivity index (χ4n) is 3.06. The number of aromatic nitrogens is 2. The average molecular weight is 271 g/mol. The van der Waals surface area contributed by atoms with Crippen LogP contribution in [0, 0.1) is 0 Å². The Morgan fingerprint density at radius 2 is 2.20 bits per heavy atom. The summed E-state index contributed by atoms with van der Waals surface area (Å²) < 4.78 is 1.86. The van der Waals surface area contributed by atoms with Crippen LogP contribution in [0.2, 0.25) is 0 Å². The second kappa shape index (κ2) is 5.02. The molecule has 0 bridgehead atoms. The second-order valence-corrected chi connectivity index (χ2v) is 5.90. The highest BCUT2D eigenvalue weighted by Gasteiger charge is 2.34. The fourth-order valence-corrected chi connectivity index (χ4v) is 3.06. The molecule has 1 aliphatic heterocycles. The van der Waals surface area contributed by atoms with Gasteiger partial charge in [0.05, 0.1) is 23.2 Å². The molecule has 20 heavy (non-hydrogen) atoms. The lowest BCUT2D eigenvalue weighted by atomic mass is 9.85. The van der Waals surface area contributed by atoms with Crippen molar-refractivity contribution in [3.05, 3.63) is 30.0 Å². The molecular weight excluding hydrogens is 250 g/mol. The minimum Gasteiger partial charge on any atom is -0.305 e. The number of ketones is 1. The summed E-state index contributed by atoms with van der Waals surface area (Å²) in [5.41, 5.74) is 1.59. The Hall–Kier alpha value is -1.68.